The molecule has 0 saturated heterocycles. The van der Waals surface area contributed by atoms with E-state index in [1.165, 1.54) is 64.2 Å². The molecular formula is C23H39F3. The molecule has 0 aromatic carbocycles. The Balaban J connectivity index is 1.28. The lowest BCUT2D eigenvalue weighted by Crippen LogP contribution is -2.40. The number of rotatable bonds is 6. The average molecular weight is 373 g/mol. The van der Waals surface area contributed by atoms with Crippen LogP contribution in [-0.4, -0.2) is 18.5 Å². The van der Waals surface area contributed by atoms with E-state index in [2.05, 4.69) is 6.92 Å². The normalized spacial score (nSPS) is 44.8. The fourth-order valence-electron chi connectivity index (χ4n) is 5.98. The summed E-state index contributed by atoms with van der Waals surface area (Å²) in [6.07, 6.45) is 11.3. The monoisotopic (exact) mass is 372 g/mol. The zero-order chi connectivity index (χ0) is 18.5. The first-order valence-electron chi connectivity index (χ1n) is 11.4. The lowest BCUT2D eigenvalue weighted by atomic mass is 9.69. The Bertz CT molecular complexity index is 384. The summed E-state index contributed by atoms with van der Waals surface area (Å²) in [6.45, 7) is 2.39. The minimum absolute atomic E-state index is 0.0710. The van der Waals surface area contributed by atoms with E-state index in [-0.39, 0.29) is 18.8 Å². The molecule has 3 saturated carbocycles. The van der Waals surface area contributed by atoms with E-state index in [0.717, 1.165) is 30.6 Å². The maximum absolute atomic E-state index is 13.7. The number of unbranched alkanes of at least 4 members (excludes halogenated alkanes) is 1. The first-order chi connectivity index (χ1) is 12.5. The fraction of sp³-hybridized carbons (Fsp3) is 1.00. The summed E-state index contributed by atoms with van der Waals surface area (Å²) >= 11 is 0. The second kappa shape index (κ2) is 9.82. The molecule has 2 unspecified atom stereocenters. The molecule has 0 aliphatic heterocycles. The van der Waals surface area contributed by atoms with Gasteiger partial charge in [-0.25, -0.2) is 13.2 Å². The van der Waals surface area contributed by atoms with Gasteiger partial charge in [0.1, 0.15) is 12.3 Å². The molecule has 0 bridgehead atoms. The summed E-state index contributed by atoms with van der Waals surface area (Å²) in [4.78, 5) is 0. The van der Waals surface area contributed by atoms with Gasteiger partial charge in [0.25, 0.3) is 0 Å². The summed E-state index contributed by atoms with van der Waals surface area (Å²) in [5.41, 5.74) is 0. The highest BCUT2D eigenvalue weighted by Crippen LogP contribution is 2.43. The molecule has 3 rings (SSSR count). The second-order valence-corrected chi connectivity index (χ2v) is 9.90. The molecule has 26 heavy (non-hydrogen) atoms. The van der Waals surface area contributed by atoms with Crippen LogP contribution >= 0.6 is 0 Å². The third-order valence-electron chi connectivity index (χ3n) is 7.92. The Morgan fingerprint density at radius 1 is 0.615 bits per heavy atom. The molecule has 0 amide bonds. The summed E-state index contributed by atoms with van der Waals surface area (Å²) in [6, 6.07) is 0. The van der Waals surface area contributed by atoms with Gasteiger partial charge in [-0.05, 0) is 55.3 Å². The molecule has 3 aliphatic carbocycles. The summed E-state index contributed by atoms with van der Waals surface area (Å²) in [7, 11) is 0. The minimum atomic E-state index is -1.88. The van der Waals surface area contributed by atoms with Crippen molar-refractivity contribution < 1.29 is 13.2 Å². The number of hydrogen-bond donors (Lipinski definition) is 0. The third kappa shape index (κ3) is 5.64. The van der Waals surface area contributed by atoms with Crippen LogP contribution < -0.4 is 0 Å². The molecule has 0 nitrogen and oxygen atoms in total. The molecule has 0 spiro atoms. The van der Waals surface area contributed by atoms with Crippen molar-refractivity contribution in [3.05, 3.63) is 0 Å². The first-order valence-corrected chi connectivity index (χ1v) is 11.4. The molecule has 0 N–H and O–H groups in total. The Kier molecular flexibility index (Phi) is 7.75. The van der Waals surface area contributed by atoms with E-state index in [9.17, 15) is 13.2 Å². The van der Waals surface area contributed by atoms with Crippen molar-refractivity contribution >= 4 is 0 Å². The topological polar surface area (TPSA) is 0 Å². The fourth-order valence-corrected chi connectivity index (χ4v) is 5.98. The average Bonchev–Trinajstić information content (AvgIpc) is 2.65. The van der Waals surface area contributed by atoms with Crippen LogP contribution in [0.15, 0.2) is 0 Å². The van der Waals surface area contributed by atoms with Crippen molar-refractivity contribution in [2.75, 3.05) is 0 Å². The van der Waals surface area contributed by atoms with Crippen LogP contribution in [0.5, 0.6) is 0 Å². The Hall–Kier alpha value is -0.210. The number of hydrogen-bond acceptors (Lipinski definition) is 0. The van der Waals surface area contributed by atoms with Crippen molar-refractivity contribution in [1.29, 1.82) is 0 Å². The van der Waals surface area contributed by atoms with Gasteiger partial charge in [0.05, 0.1) is 0 Å². The third-order valence-corrected chi connectivity index (χ3v) is 7.92. The lowest BCUT2D eigenvalue weighted by molar-refractivity contribution is -0.00468. The summed E-state index contributed by atoms with van der Waals surface area (Å²) in [5, 5.41) is 0. The smallest absolute Gasteiger partial charge is 0.162 e. The molecule has 0 radical (unpaired) electrons. The molecule has 0 aromatic heterocycles. The van der Waals surface area contributed by atoms with E-state index in [1.54, 1.807) is 0 Å². The predicted molar refractivity (Wildman–Crippen MR) is 102 cm³/mol. The van der Waals surface area contributed by atoms with Gasteiger partial charge in [0.15, 0.2) is 6.17 Å². The van der Waals surface area contributed by atoms with E-state index in [4.69, 9.17) is 0 Å². The van der Waals surface area contributed by atoms with Crippen molar-refractivity contribution in [3.8, 4) is 0 Å². The molecule has 0 aromatic rings. The van der Waals surface area contributed by atoms with Crippen LogP contribution in [0.1, 0.15) is 96.8 Å². The quantitative estimate of drug-likeness (QED) is 0.421. The van der Waals surface area contributed by atoms with E-state index < -0.39 is 18.5 Å². The van der Waals surface area contributed by atoms with Gasteiger partial charge in [-0.2, -0.15) is 0 Å². The molecule has 0 heterocycles. The van der Waals surface area contributed by atoms with E-state index >= 15 is 0 Å². The van der Waals surface area contributed by atoms with Crippen LogP contribution in [0.3, 0.4) is 0 Å². The molecule has 3 fully saturated rings. The summed E-state index contributed by atoms with van der Waals surface area (Å²) < 4.78 is 40.7. The van der Waals surface area contributed by atoms with Crippen molar-refractivity contribution in [2.45, 2.75) is 115 Å². The van der Waals surface area contributed by atoms with Crippen LogP contribution in [0.2, 0.25) is 0 Å². The molecule has 3 heteroatoms. The van der Waals surface area contributed by atoms with Crippen LogP contribution in [0.25, 0.3) is 0 Å². The molecule has 2 atom stereocenters. The van der Waals surface area contributed by atoms with Crippen LogP contribution in [-0.2, 0) is 0 Å². The second-order valence-electron chi connectivity index (χ2n) is 9.90. The maximum Gasteiger partial charge on any atom is 0.162 e. The van der Waals surface area contributed by atoms with Crippen molar-refractivity contribution in [3.63, 3.8) is 0 Å². The highest BCUT2D eigenvalue weighted by molar-refractivity contribution is 4.90. The van der Waals surface area contributed by atoms with E-state index in [1.807, 2.05) is 0 Å². The van der Waals surface area contributed by atoms with Crippen molar-refractivity contribution in [2.24, 2.45) is 29.6 Å². The van der Waals surface area contributed by atoms with Gasteiger partial charge in [-0.15, -0.1) is 0 Å². The highest BCUT2D eigenvalue weighted by atomic mass is 19.2. The van der Waals surface area contributed by atoms with Gasteiger partial charge in [0.2, 0.25) is 0 Å². The standard InChI is InChI=1S/C23H39F3/c1-16-6-8-17(9-7-16)4-2-3-5-18-10-12-19(13-11-18)20-14-21(24)23(26)22(25)15-20/h16-23H,2-15H2,1H3. The number of halogens is 3. The zero-order valence-corrected chi connectivity index (χ0v) is 16.7. The highest BCUT2D eigenvalue weighted by Gasteiger charge is 2.41. The van der Waals surface area contributed by atoms with Gasteiger partial charge in [-0.3, -0.25) is 0 Å². The van der Waals surface area contributed by atoms with Crippen molar-refractivity contribution in [1.82, 2.24) is 0 Å². The van der Waals surface area contributed by atoms with Gasteiger partial charge in [-0.1, -0.05) is 71.1 Å². The predicted octanol–water partition coefficient (Wildman–Crippen LogP) is 7.60. The molecule has 152 valence electrons. The Morgan fingerprint density at radius 3 is 1.58 bits per heavy atom. The minimum Gasteiger partial charge on any atom is -0.244 e. The maximum atomic E-state index is 13.7. The van der Waals surface area contributed by atoms with Crippen LogP contribution in [0, 0.1) is 29.6 Å². The van der Waals surface area contributed by atoms with Gasteiger partial charge in [0, 0.05) is 0 Å². The first kappa shape index (κ1) is 20.5. The van der Waals surface area contributed by atoms with Gasteiger partial charge < -0.3 is 0 Å². The largest absolute Gasteiger partial charge is 0.244 e. The van der Waals surface area contributed by atoms with E-state index in [0.29, 0.717) is 5.92 Å². The van der Waals surface area contributed by atoms with Crippen LogP contribution in [0.4, 0.5) is 13.2 Å². The number of alkyl halides is 3. The summed E-state index contributed by atoms with van der Waals surface area (Å²) in [5.74, 6) is 3.25. The SMILES string of the molecule is CC1CCC(CCCCC2CCC(C3CC(F)C(F)C(F)C3)CC2)CC1. The zero-order valence-electron chi connectivity index (χ0n) is 16.7. The Morgan fingerprint density at radius 2 is 1.08 bits per heavy atom. The molecule has 3 aliphatic rings. The lowest BCUT2D eigenvalue weighted by Gasteiger charge is -2.38. The Labute approximate surface area is 158 Å². The van der Waals surface area contributed by atoms with Gasteiger partial charge >= 0.3 is 0 Å². The molecular weight excluding hydrogens is 333 g/mol.